The van der Waals surface area contributed by atoms with Gasteiger partial charge >= 0.3 is 5.97 Å². The number of carbonyl (C=O) groups is 2. The molecule has 0 radical (unpaired) electrons. The molecule has 0 amide bonds. The van der Waals surface area contributed by atoms with Gasteiger partial charge in [-0.1, -0.05) is 28.1 Å². The van der Waals surface area contributed by atoms with Crippen LogP contribution in [0.15, 0.2) is 28.7 Å². The molecule has 0 heterocycles. The van der Waals surface area contributed by atoms with Gasteiger partial charge in [-0.15, -0.1) is 0 Å². The second-order valence-corrected chi connectivity index (χ2v) is 4.04. The third kappa shape index (κ3) is 2.89. The van der Waals surface area contributed by atoms with Crippen molar-refractivity contribution in [1.82, 2.24) is 0 Å². The summed E-state index contributed by atoms with van der Waals surface area (Å²) in [5.41, 5.74) is 0.502. The van der Waals surface area contributed by atoms with Crippen molar-refractivity contribution in [2.45, 2.75) is 6.92 Å². The van der Waals surface area contributed by atoms with Crippen molar-refractivity contribution >= 4 is 27.7 Å². The summed E-state index contributed by atoms with van der Waals surface area (Å²) in [6.07, 6.45) is 0. The zero-order chi connectivity index (χ0) is 11.4. The van der Waals surface area contributed by atoms with Crippen LogP contribution in [0.25, 0.3) is 0 Å². The van der Waals surface area contributed by atoms with E-state index in [-0.39, 0.29) is 5.78 Å². The van der Waals surface area contributed by atoms with Crippen molar-refractivity contribution in [3.63, 3.8) is 0 Å². The number of methoxy groups -OCH3 is 1. The molecule has 0 aliphatic carbocycles. The van der Waals surface area contributed by atoms with Gasteiger partial charge in [0.2, 0.25) is 0 Å². The summed E-state index contributed by atoms with van der Waals surface area (Å²) in [5.74, 6) is -1.51. The minimum atomic E-state index is -0.760. The highest BCUT2D eigenvalue weighted by atomic mass is 79.9. The Balaban J connectivity index is 2.90. The van der Waals surface area contributed by atoms with E-state index in [2.05, 4.69) is 20.7 Å². The molecule has 0 aromatic heterocycles. The first kappa shape index (κ1) is 11.9. The molecular formula is C11H11BrO3. The SMILES string of the molecule is COC(=O)C(C)C(=O)c1cccc(Br)c1. The summed E-state index contributed by atoms with van der Waals surface area (Å²) in [7, 11) is 1.27. The van der Waals surface area contributed by atoms with Gasteiger partial charge in [-0.05, 0) is 19.1 Å². The average Bonchev–Trinajstić information content (AvgIpc) is 2.26. The number of hydrogen-bond donors (Lipinski definition) is 0. The van der Waals surface area contributed by atoms with E-state index in [1.165, 1.54) is 14.0 Å². The first-order valence-electron chi connectivity index (χ1n) is 4.44. The molecule has 80 valence electrons. The van der Waals surface area contributed by atoms with Gasteiger partial charge in [-0.25, -0.2) is 0 Å². The van der Waals surface area contributed by atoms with Crippen molar-refractivity contribution in [1.29, 1.82) is 0 Å². The quantitative estimate of drug-likeness (QED) is 0.482. The monoisotopic (exact) mass is 270 g/mol. The van der Waals surface area contributed by atoms with Crippen molar-refractivity contribution in [2.24, 2.45) is 5.92 Å². The fourth-order valence-electron chi connectivity index (χ4n) is 1.18. The molecule has 0 aliphatic rings. The number of rotatable bonds is 3. The van der Waals surface area contributed by atoms with E-state index in [1.807, 2.05) is 6.07 Å². The maximum Gasteiger partial charge on any atom is 0.316 e. The lowest BCUT2D eigenvalue weighted by atomic mass is 10.00. The van der Waals surface area contributed by atoms with Gasteiger partial charge in [-0.3, -0.25) is 9.59 Å². The van der Waals surface area contributed by atoms with E-state index >= 15 is 0 Å². The molecule has 3 nitrogen and oxygen atoms in total. The fraction of sp³-hybridized carbons (Fsp3) is 0.273. The summed E-state index contributed by atoms with van der Waals surface area (Å²) in [5, 5.41) is 0. The number of ketones is 1. The standard InChI is InChI=1S/C11H11BrO3/c1-7(11(14)15-2)10(13)8-4-3-5-9(12)6-8/h3-7H,1-2H3. The third-order valence-corrected chi connectivity index (χ3v) is 2.55. The first-order chi connectivity index (χ1) is 7.06. The molecule has 15 heavy (non-hydrogen) atoms. The molecule has 0 saturated heterocycles. The van der Waals surface area contributed by atoms with E-state index in [9.17, 15) is 9.59 Å². The molecule has 0 bridgehead atoms. The lowest BCUT2D eigenvalue weighted by Crippen LogP contribution is -2.22. The summed E-state index contributed by atoms with van der Waals surface area (Å²) >= 11 is 3.27. The molecule has 1 aromatic carbocycles. The molecule has 0 N–H and O–H groups in total. The van der Waals surface area contributed by atoms with Crippen molar-refractivity contribution < 1.29 is 14.3 Å². The van der Waals surface area contributed by atoms with Crippen molar-refractivity contribution in [2.75, 3.05) is 7.11 Å². The van der Waals surface area contributed by atoms with E-state index in [4.69, 9.17) is 0 Å². The van der Waals surface area contributed by atoms with Crippen LogP contribution < -0.4 is 0 Å². The Morgan fingerprint density at radius 1 is 1.40 bits per heavy atom. The molecule has 4 heteroatoms. The highest BCUT2D eigenvalue weighted by Gasteiger charge is 2.23. The van der Waals surface area contributed by atoms with E-state index in [1.54, 1.807) is 18.2 Å². The van der Waals surface area contributed by atoms with E-state index in [0.717, 1.165) is 4.47 Å². The summed E-state index contributed by atoms with van der Waals surface area (Å²) in [6.45, 7) is 1.54. The van der Waals surface area contributed by atoms with Crippen LogP contribution in [0.1, 0.15) is 17.3 Å². The predicted molar refractivity (Wildman–Crippen MR) is 59.7 cm³/mol. The number of ether oxygens (including phenoxy) is 1. The number of Topliss-reactive ketones (excluding diaryl/α,β-unsaturated/α-hetero) is 1. The number of hydrogen-bond acceptors (Lipinski definition) is 3. The van der Waals surface area contributed by atoms with Crippen LogP contribution in [0.2, 0.25) is 0 Å². The van der Waals surface area contributed by atoms with Crippen molar-refractivity contribution in [3.8, 4) is 0 Å². The molecule has 0 aliphatic heterocycles. The van der Waals surface area contributed by atoms with Gasteiger partial charge in [0.25, 0.3) is 0 Å². The Kier molecular flexibility index (Phi) is 4.03. The Morgan fingerprint density at radius 3 is 2.60 bits per heavy atom. The van der Waals surface area contributed by atoms with Crippen LogP contribution in [-0.2, 0) is 9.53 Å². The topological polar surface area (TPSA) is 43.4 Å². The maximum atomic E-state index is 11.8. The van der Waals surface area contributed by atoms with Gasteiger partial charge in [0.05, 0.1) is 7.11 Å². The van der Waals surface area contributed by atoms with Gasteiger partial charge in [-0.2, -0.15) is 0 Å². The lowest BCUT2D eigenvalue weighted by molar-refractivity contribution is -0.143. The van der Waals surface area contributed by atoms with Crippen LogP contribution in [0.3, 0.4) is 0 Å². The molecular weight excluding hydrogens is 260 g/mol. The average molecular weight is 271 g/mol. The Labute approximate surface area is 96.6 Å². The highest BCUT2D eigenvalue weighted by Crippen LogP contribution is 2.15. The second-order valence-electron chi connectivity index (χ2n) is 3.12. The van der Waals surface area contributed by atoms with Crippen LogP contribution in [0, 0.1) is 5.92 Å². The lowest BCUT2D eigenvalue weighted by Gasteiger charge is -2.07. The second kappa shape index (κ2) is 5.07. The number of halogens is 1. The zero-order valence-electron chi connectivity index (χ0n) is 8.49. The molecule has 0 fully saturated rings. The Morgan fingerprint density at radius 2 is 2.07 bits per heavy atom. The predicted octanol–water partition coefficient (Wildman–Crippen LogP) is 2.44. The third-order valence-electron chi connectivity index (χ3n) is 2.06. The smallest absolute Gasteiger partial charge is 0.316 e. The molecule has 1 unspecified atom stereocenters. The Hall–Kier alpha value is -1.16. The molecule has 1 aromatic rings. The maximum absolute atomic E-state index is 11.8. The fourth-order valence-corrected chi connectivity index (χ4v) is 1.57. The molecule has 0 saturated carbocycles. The van der Waals surface area contributed by atoms with E-state index < -0.39 is 11.9 Å². The van der Waals surface area contributed by atoms with Crippen LogP contribution in [0.4, 0.5) is 0 Å². The highest BCUT2D eigenvalue weighted by molar-refractivity contribution is 9.10. The number of benzene rings is 1. The summed E-state index contributed by atoms with van der Waals surface area (Å²) in [4.78, 5) is 22.9. The molecule has 1 atom stereocenters. The largest absolute Gasteiger partial charge is 0.468 e. The molecule has 1 rings (SSSR count). The van der Waals surface area contributed by atoms with Gasteiger partial charge in [0.1, 0.15) is 5.92 Å². The minimum absolute atomic E-state index is 0.233. The summed E-state index contributed by atoms with van der Waals surface area (Å²) < 4.78 is 5.32. The number of esters is 1. The van der Waals surface area contributed by atoms with Crippen LogP contribution >= 0.6 is 15.9 Å². The van der Waals surface area contributed by atoms with Crippen LogP contribution in [-0.4, -0.2) is 18.9 Å². The van der Waals surface area contributed by atoms with Gasteiger partial charge in [0.15, 0.2) is 5.78 Å². The van der Waals surface area contributed by atoms with Crippen molar-refractivity contribution in [3.05, 3.63) is 34.3 Å². The van der Waals surface area contributed by atoms with Crippen LogP contribution in [0.5, 0.6) is 0 Å². The minimum Gasteiger partial charge on any atom is -0.468 e. The zero-order valence-corrected chi connectivity index (χ0v) is 10.1. The normalized spacial score (nSPS) is 11.9. The van der Waals surface area contributed by atoms with E-state index in [0.29, 0.717) is 5.56 Å². The van der Waals surface area contributed by atoms with Gasteiger partial charge in [0, 0.05) is 10.0 Å². The molecule has 0 spiro atoms. The number of carbonyl (C=O) groups excluding carboxylic acids is 2. The first-order valence-corrected chi connectivity index (χ1v) is 5.23. The Bertz CT molecular complexity index is 387. The summed E-state index contributed by atoms with van der Waals surface area (Å²) in [6, 6.07) is 6.93. The van der Waals surface area contributed by atoms with Gasteiger partial charge < -0.3 is 4.74 Å².